The molecule has 0 bridgehead atoms. The summed E-state index contributed by atoms with van der Waals surface area (Å²) in [5.74, 6) is 2.15. The maximum Gasteiger partial charge on any atom is 0.132 e. The van der Waals surface area contributed by atoms with Gasteiger partial charge in [0.25, 0.3) is 0 Å². The van der Waals surface area contributed by atoms with Crippen molar-refractivity contribution in [1.29, 1.82) is 0 Å². The highest BCUT2D eigenvalue weighted by Crippen LogP contribution is 2.27. The minimum Gasteiger partial charge on any atom is -0.383 e. The molecule has 2 aromatic rings. The minimum absolute atomic E-state index is 0.529. The van der Waals surface area contributed by atoms with E-state index in [-0.39, 0.29) is 0 Å². The van der Waals surface area contributed by atoms with Gasteiger partial charge in [-0.25, -0.2) is 9.97 Å². The summed E-state index contributed by atoms with van der Waals surface area (Å²) in [6, 6.07) is 8.23. The average Bonchev–Trinajstić information content (AvgIpc) is 2.52. The van der Waals surface area contributed by atoms with Crippen molar-refractivity contribution in [2.75, 3.05) is 30.0 Å². The van der Waals surface area contributed by atoms with Crippen molar-refractivity contribution in [2.45, 2.75) is 25.3 Å². The van der Waals surface area contributed by atoms with Gasteiger partial charge >= 0.3 is 0 Å². The summed E-state index contributed by atoms with van der Waals surface area (Å²) in [7, 11) is 0. The van der Waals surface area contributed by atoms with Crippen LogP contribution in [0.3, 0.4) is 0 Å². The van der Waals surface area contributed by atoms with Crippen LogP contribution >= 0.6 is 11.8 Å². The van der Waals surface area contributed by atoms with Gasteiger partial charge in [0.1, 0.15) is 11.6 Å². The first-order chi connectivity index (χ1) is 10.7. The van der Waals surface area contributed by atoms with E-state index in [9.17, 15) is 0 Å². The fourth-order valence-electron chi connectivity index (χ4n) is 1.93. The van der Waals surface area contributed by atoms with Gasteiger partial charge in [-0.15, -0.1) is 11.8 Å². The molecule has 1 heterocycles. The largest absolute Gasteiger partial charge is 0.383 e. The molecule has 1 aromatic carbocycles. The van der Waals surface area contributed by atoms with E-state index < -0.39 is 0 Å². The van der Waals surface area contributed by atoms with Gasteiger partial charge < -0.3 is 15.8 Å². The molecule has 0 amide bonds. The summed E-state index contributed by atoms with van der Waals surface area (Å²) < 4.78 is 5.38. The number of hydrogen-bond acceptors (Lipinski definition) is 6. The van der Waals surface area contributed by atoms with Gasteiger partial charge in [-0.3, -0.25) is 0 Å². The number of nitrogen functional groups attached to an aromatic ring is 1. The summed E-state index contributed by atoms with van der Waals surface area (Å²) in [6.07, 6.45) is 1.77. The molecule has 2 rings (SSSR count). The van der Waals surface area contributed by atoms with Gasteiger partial charge in [0.05, 0.1) is 6.61 Å². The highest BCUT2D eigenvalue weighted by Gasteiger charge is 2.05. The van der Waals surface area contributed by atoms with Crippen LogP contribution in [-0.4, -0.2) is 28.9 Å². The molecule has 5 nitrogen and oxygen atoms in total. The third kappa shape index (κ3) is 4.89. The molecule has 0 saturated carbocycles. The normalized spacial score (nSPS) is 10.6. The molecule has 22 heavy (non-hydrogen) atoms. The highest BCUT2D eigenvalue weighted by atomic mass is 32.2. The number of aromatic nitrogens is 2. The summed E-state index contributed by atoms with van der Waals surface area (Å²) in [5.41, 5.74) is 7.91. The maximum absolute atomic E-state index is 5.92. The Morgan fingerprint density at radius 3 is 2.91 bits per heavy atom. The first-order valence-electron chi connectivity index (χ1n) is 7.32. The first-order valence-corrected chi connectivity index (χ1v) is 8.30. The second kappa shape index (κ2) is 8.60. The fourth-order valence-corrected chi connectivity index (χ4v) is 2.82. The van der Waals surface area contributed by atoms with Crippen molar-refractivity contribution in [3.63, 3.8) is 0 Å². The summed E-state index contributed by atoms with van der Waals surface area (Å²) in [6.45, 7) is 5.96. The standard InChI is InChI=1S/C16H22N4OS/c1-3-21-8-9-22-15-7-5-4-6-14(15)19-11-13-10-18-12(2)20-16(13)17/h4-7,10,19H,3,8-9,11H2,1-2H3,(H2,17,18,20). The van der Waals surface area contributed by atoms with E-state index in [0.29, 0.717) is 18.2 Å². The summed E-state index contributed by atoms with van der Waals surface area (Å²) >= 11 is 1.78. The number of nitrogens with zero attached hydrogens (tertiary/aromatic N) is 2. The van der Waals surface area contributed by atoms with E-state index in [1.54, 1.807) is 18.0 Å². The minimum atomic E-state index is 0.529. The smallest absolute Gasteiger partial charge is 0.132 e. The number of nitrogens with two attached hydrogens (primary N) is 1. The molecule has 0 aliphatic carbocycles. The van der Waals surface area contributed by atoms with Crippen molar-refractivity contribution in [1.82, 2.24) is 9.97 Å². The topological polar surface area (TPSA) is 73.1 Å². The van der Waals surface area contributed by atoms with Crippen LogP contribution < -0.4 is 11.1 Å². The summed E-state index contributed by atoms with van der Waals surface area (Å²) in [4.78, 5) is 9.58. The number of benzene rings is 1. The number of nitrogens with one attached hydrogen (secondary N) is 1. The van der Waals surface area contributed by atoms with Gasteiger partial charge in [0.15, 0.2) is 0 Å². The Labute approximate surface area is 135 Å². The van der Waals surface area contributed by atoms with Gasteiger partial charge in [0.2, 0.25) is 0 Å². The van der Waals surface area contributed by atoms with Crippen LogP contribution in [0.5, 0.6) is 0 Å². The molecular formula is C16H22N4OS. The molecule has 118 valence electrons. The van der Waals surface area contributed by atoms with Crippen LogP contribution in [0, 0.1) is 6.92 Å². The van der Waals surface area contributed by atoms with E-state index in [1.807, 2.05) is 26.0 Å². The second-order valence-electron chi connectivity index (χ2n) is 4.72. The lowest BCUT2D eigenvalue weighted by Gasteiger charge is -2.12. The predicted molar refractivity (Wildman–Crippen MR) is 92.2 cm³/mol. The number of ether oxygens (including phenoxy) is 1. The third-order valence-electron chi connectivity index (χ3n) is 3.06. The van der Waals surface area contributed by atoms with Crippen molar-refractivity contribution >= 4 is 23.3 Å². The fraction of sp³-hybridized carbons (Fsp3) is 0.375. The highest BCUT2D eigenvalue weighted by molar-refractivity contribution is 7.99. The average molecular weight is 318 g/mol. The molecule has 3 N–H and O–H groups in total. The van der Waals surface area contributed by atoms with Crippen LogP contribution in [-0.2, 0) is 11.3 Å². The van der Waals surface area contributed by atoms with Crippen molar-refractivity contribution in [3.05, 3.63) is 41.9 Å². The maximum atomic E-state index is 5.92. The number of thioether (sulfide) groups is 1. The number of para-hydroxylation sites is 1. The van der Waals surface area contributed by atoms with E-state index in [0.717, 1.165) is 30.2 Å². The van der Waals surface area contributed by atoms with Crippen LogP contribution in [0.1, 0.15) is 18.3 Å². The van der Waals surface area contributed by atoms with E-state index in [4.69, 9.17) is 10.5 Å². The zero-order chi connectivity index (χ0) is 15.8. The van der Waals surface area contributed by atoms with Gasteiger partial charge in [-0.2, -0.15) is 0 Å². The molecule has 0 aliphatic rings. The van der Waals surface area contributed by atoms with Gasteiger partial charge in [-0.1, -0.05) is 12.1 Å². The predicted octanol–water partition coefficient (Wildman–Crippen LogP) is 3.11. The third-order valence-corrected chi connectivity index (χ3v) is 4.10. The quantitative estimate of drug-likeness (QED) is 0.575. The Hall–Kier alpha value is -1.79. The number of hydrogen-bond donors (Lipinski definition) is 2. The molecular weight excluding hydrogens is 296 g/mol. The molecule has 1 aromatic heterocycles. The molecule has 0 fully saturated rings. The Morgan fingerprint density at radius 2 is 2.14 bits per heavy atom. The Balaban J connectivity index is 1.97. The van der Waals surface area contributed by atoms with Crippen LogP contribution in [0.25, 0.3) is 0 Å². The number of rotatable bonds is 8. The monoisotopic (exact) mass is 318 g/mol. The zero-order valence-electron chi connectivity index (χ0n) is 13.0. The first kappa shape index (κ1) is 16.6. The number of anilines is 2. The molecule has 6 heteroatoms. The SMILES string of the molecule is CCOCCSc1ccccc1NCc1cnc(C)nc1N. The van der Waals surface area contributed by atoms with Crippen molar-refractivity contribution < 1.29 is 4.74 Å². The summed E-state index contributed by atoms with van der Waals surface area (Å²) in [5, 5.41) is 3.41. The molecule has 0 aliphatic heterocycles. The van der Waals surface area contributed by atoms with E-state index >= 15 is 0 Å². The van der Waals surface area contributed by atoms with Crippen LogP contribution in [0.2, 0.25) is 0 Å². The van der Waals surface area contributed by atoms with Crippen LogP contribution in [0.4, 0.5) is 11.5 Å². The van der Waals surface area contributed by atoms with E-state index in [1.165, 1.54) is 4.90 Å². The van der Waals surface area contributed by atoms with Crippen LogP contribution in [0.15, 0.2) is 35.4 Å². The molecule has 0 unspecified atom stereocenters. The lowest BCUT2D eigenvalue weighted by atomic mass is 10.2. The molecule has 0 atom stereocenters. The zero-order valence-corrected chi connectivity index (χ0v) is 13.8. The van der Waals surface area contributed by atoms with Gasteiger partial charge in [-0.05, 0) is 26.0 Å². The molecule has 0 saturated heterocycles. The lowest BCUT2D eigenvalue weighted by molar-refractivity contribution is 0.164. The molecule has 0 radical (unpaired) electrons. The van der Waals surface area contributed by atoms with Crippen molar-refractivity contribution in [2.24, 2.45) is 0 Å². The Morgan fingerprint density at radius 1 is 1.32 bits per heavy atom. The molecule has 0 spiro atoms. The Bertz CT molecular complexity index is 606. The number of aryl methyl sites for hydroxylation is 1. The second-order valence-corrected chi connectivity index (χ2v) is 5.86. The van der Waals surface area contributed by atoms with Crippen molar-refractivity contribution in [3.8, 4) is 0 Å². The van der Waals surface area contributed by atoms with Gasteiger partial charge in [0, 0.05) is 41.2 Å². The van der Waals surface area contributed by atoms with E-state index in [2.05, 4.69) is 27.4 Å². The Kier molecular flexibility index (Phi) is 6.48. The lowest BCUT2D eigenvalue weighted by Crippen LogP contribution is -2.07.